The van der Waals surface area contributed by atoms with Crippen LogP contribution < -0.4 is 10.5 Å². The van der Waals surface area contributed by atoms with Gasteiger partial charge in [-0.25, -0.2) is 19.9 Å². The molecule has 0 unspecified atom stereocenters. The Labute approximate surface area is 230 Å². The standard InChI is InChI=1S/C30H34N6O2Si/c1-30(2,3)39(5,6)38-19-20-11-13-21(14-12-20)36-27(23-10-8-17-32-26(23)31)35-25-16-15-24(34-28(25)36)22-9-7-18-33-29(22)37-4/h7-18H,19H2,1-6H3,(H2,31,32). The molecule has 0 bridgehead atoms. The molecule has 5 aromatic rings. The predicted molar refractivity (Wildman–Crippen MR) is 158 cm³/mol. The number of hydrogen-bond donors (Lipinski definition) is 1. The van der Waals surface area contributed by atoms with E-state index >= 15 is 0 Å². The molecule has 0 saturated carbocycles. The lowest BCUT2D eigenvalue weighted by Gasteiger charge is -2.36. The average Bonchev–Trinajstić information content (AvgIpc) is 3.30. The largest absolute Gasteiger partial charge is 0.481 e. The first kappa shape index (κ1) is 26.5. The van der Waals surface area contributed by atoms with Gasteiger partial charge in [-0.3, -0.25) is 4.57 Å². The Morgan fingerprint density at radius 3 is 2.23 bits per heavy atom. The zero-order valence-corrected chi connectivity index (χ0v) is 24.3. The lowest BCUT2D eigenvalue weighted by molar-refractivity contribution is 0.276. The molecular weight excluding hydrogens is 504 g/mol. The van der Waals surface area contributed by atoms with E-state index in [0.717, 1.165) is 33.6 Å². The lowest BCUT2D eigenvalue weighted by atomic mass is 10.1. The number of fused-ring (bicyclic) bond motifs is 1. The quantitative estimate of drug-likeness (QED) is 0.231. The zero-order chi connectivity index (χ0) is 27.8. The number of ether oxygens (including phenoxy) is 1. The maximum atomic E-state index is 6.44. The smallest absolute Gasteiger partial charge is 0.222 e. The van der Waals surface area contributed by atoms with Crippen molar-refractivity contribution in [3.05, 3.63) is 78.6 Å². The van der Waals surface area contributed by atoms with Crippen LogP contribution in [0.2, 0.25) is 18.1 Å². The van der Waals surface area contributed by atoms with E-state index in [9.17, 15) is 0 Å². The first-order chi connectivity index (χ1) is 18.6. The number of methoxy groups -OCH3 is 1. The van der Waals surface area contributed by atoms with Gasteiger partial charge in [0.05, 0.1) is 30.5 Å². The van der Waals surface area contributed by atoms with Crippen LogP contribution in [-0.2, 0) is 11.0 Å². The molecule has 0 spiro atoms. The van der Waals surface area contributed by atoms with Gasteiger partial charge >= 0.3 is 0 Å². The van der Waals surface area contributed by atoms with E-state index in [1.165, 1.54) is 0 Å². The van der Waals surface area contributed by atoms with E-state index in [-0.39, 0.29) is 5.04 Å². The number of nitrogens with zero attached hydrogens (tertiary/aromatic N) is 5. The summed E-state index contributed by atoms with van der Waals surface area (Å²) in [7, 11) is -0.252. The minimum Gasteiger partial charge on any atom is -0.481 e. The molecule has 5 rings (SSSR count). The highest BCUT2D eigenvalue weighted by Gasteiger charge is 2.37. The lowest BCUT2D eigenvalue weighted by Crippen LogP contribution is -2.40. The van der Waals surface area contributed by atoms with Crippen LogP contribution in [0.1, 0.15) is 26.3 Å². The van der Waals surface area contributed by atoms with Gasteiger partial charge in [-0.1, -0.05) is 32.9 Å². The van der Waals surface area contributed by atoms with Gasteiger partial charge in [0.15, 0.2) is 19.8 Å². The van der Waals surface area contributed by atoms with Gasteiger partial charge < -0.3 is 14.9 Å². The number of nitrogen functional groups attached to an aromatic ring is 1. The van der Waals surface area contributed by atoms with Crippen molar-refractivity contribution < 1.29 is 9.16 Å². The summed E-state index contributed by atoms with van der Waals surface area (Å²) in [5, 5.41) is 0.154. The zero-order valence-electron chi connectivity index (χ0n) is 23.3. The third kappa shape index (κ3) is 5.15. The van der Waals surface area contributed by atoms with Crippen molar-refractivity contribution in [2.45, 2.75) is 45.5 Å². The van der Waals surface area contributed by atoms with E-state index in [2.05, 4.69) is 68.1 Å². The second kappa shape index (κ2) is 10.2. The van der Waals surface area contributed by atoms with Gasteiger partial charge in [0.25, 0.3) is 0 Å². The third-order valence-corrected chi connectivity index (χ3v) is 11.9. The normalized spacial score (nSPS) is 12.2. The van der Waals surface area contributed by atoms with Crippen LogP contribution in [0.25, 0.3) is 39.5 Å². The van der Waals surface area contributed by atoms with Gasteiger partial charge in [0.2, 0.25) is 5.88 Å². The van der Waals surface area contributed by atoms with Crippen molar-refractivity contribution >= 4 is 25.3 Å². The van der Waals surface area contributed by atoms with Crippen LogP contribution in [0, 0.1) is 0 Å². The molecule has 0 fully saturated rings. The molecule has 1 aromatic carbocycles. The highest BCUT2D eigenvalue weighted by atomic mass is 28.4. The average molecular weight is 539 g/mol. The molecule has 0 saturated heterocycles. The molecule has 0 aliphatic carbocycles. The third-order valence-electron chi connectivity index (χ3n) is 7.42. The van der Waals surface area contributed by atoms with Crippen molar-refractivity contribution in [1.29, 1.82) is 0 Å². The molecule has 200 valence electrons. The fraction of sp³-hybridized carbons (Fsp3) is 0.267. The number of hydrogen-bond acceptors (Lipinski definition) is 7. The van der Waals surface area contributed by atoms with Gasteiger partial charge in [-0.15, -0.1) is 0 Å². The minimum absolute atomic E-state index is 0.154. The van der Waals surface area contributed by atoms with E-state index < -0.39 is 8.32 Å². The first-order valence-electron chi connectivity index (χ1n) is 12.9. The van der Waals surface area contributed by atoms with Crippen LogP contribution in [0.3, 0.4) is 0 Å². The van der Waals surface area contributed by atoms with Crippen molar-refractivity contribution in [2.75, 3.05) is 12.8 Å². The fourth-order valence-electron chi connectivity index (χ4n) is 4.11. The summed E-state index contributed by atoms with van der Waals surface area (Å²) in [6, 6.07) is 19.8. The van der Waals surface area contributed by atoms with Crippen LogP contribution in [0.15, 0.2) is 73.1 Å². The van der Waals surface area contributed by atoms with Gasteiger partial charge in [0, 0.05) is 18.1 Å². The molecule has 2 N–H and O–H groups in total. The minimum atomic E-state index is -1.86. The second-order valence-electron chi connectivity index (χ2n) is 11.0. The molecule has 0 radical (unpaired) electrons. The number of imidazole rings is 1. The van der Waals surface area contributed by atoms with Crippen molar-refractivity contribution in [2.24, 2.45) is 0 Å². The number of aromatic nitrogens is 5. The van der Waals surface area contributed by atoms with Crippen molar-refractivity contribution in [3.63, 3.8) is 0 Å². The number of benzene rings is 1. The van der Waals surface area contributed by atoms with Crippen molar-refractivity contribution in [1.82, 2.24) is 24.5 Å². The second-order valence-corrected chi connectivity index (χ2v) is 15.8. The van der Waals surface area contributed by atoms with E-state index in [4.69, 9.17) is 24.9 Å². The van der Waals surface area contributed by atoms with Gasteiger partial charge in [0.1, 0.15) is 11.3 Å². The summed E-state index contributed by atoms with van der Waals surface area (Å²) < 4.78 is 14.0. The maximum absolute atomic E-state index is 6.44. The van der Waals surface area contributed by atoms with Gasteiger partial charge in [-0.05, 0) is 72.2 Å². The first-order valence-corrected chi connectivity index (χ1v) is 15.8. The Bertz CT molecular complexity index is 1620. The summed E-state index contributed by atoms with van der Waals surface area (Å²) in [4.78, 5) is 18.6. The van der Waals surface area contributed by atoms with E-state index in [1.54, 1.807) is 19.5 Å². The van der Waals surface area contributed by atoms with Crippen LogP contribution in [-0.4, -0.2) is 39.9 Å². The maximum Gasteiger partial charge on any atom is 0.222 e. The van der Waals surface area contributed by atoms with Gasteiger partial charge in [-0.2, -0.15) is 0 Å². The highest BCUT2D eigenvalue weighted by molar-refractivity contribution is 6.74. The number of nitrogens with two attached hydrogens (primary N) is 1. The molecule has 0 amide bonds. The predicted octanol–water partition coefficient (Wildman–Crippen LogP) is 6.66. The molecule has 0 atom stereocenters. The summed E-state index contributed by atoms with van der Waals surface area (Å²) in [6.45, 7) is 11.9. The monoisotopic (exact) mass is 538 g/mol. The SMILES string of the molecule is COc1ncccc1-c1ccc2nc(-c3cccnc3N)n(-c3ccc(CO[Si](C)(C)C(C)(C)C)cc3)c2n1. The van der Waals surface area contributed by atoms with Crippen LogP contribution in [0.5, 0.6) is 5.88 Å². The molecule has 4 heterocycles. The topological polar surface area (TPSA) is 101 Å². The fourth-order valence-corrected chi connectivity index (χ4v) is 5.07. The molecule has 0 aliphatic rings. The Morgan fingerprint density at radius 2 is 1.56 bits per heavy atom. The number of rotatable bonds is 7. The summed E-state index contributed by atoms with van der Waals surface area (Å²) in [5.41, 5.74) is 12.0. The summed E-state index contributed by atoms with van der Waals surface area (Å²) in [6.07, 6.45) is 3.37. The molecule has 39 heavy (non-hydrogen) atoms. The number of anilines is 1. The number of pyridine rings is 3. The molecule has 0 aliphatic heterocycles. The summed E-state index contributed by atoms with van der Waals surface area (Å²) >= 11 is 0. The Kier molecular flexibility index (Phi) is 6.96. The van der Waals surface area contributed by atoms with E-state index in [1.807, 2.05) is 41.0 Å². The van der Waals surface area contributed by atoms with E-state index in [0.29, 0.717) is 29.8 Å². The Hall–Kier alpha value is -4.08. The molecular formula is C30H34N6O2Si. The highest BCUT2D eigenvalue weighted by Crippen LogP contribution is 2.37. The molecule has 4 aromatic heterocycles. The molecule has 9 heteroatoms. The van der Waals surface area contributed by atoms with Crippen molar-refractivity contribution in [3.8, 4) is 34.2 Å². The van der Waals surface area contributed by atoms with Crippen LogP contribution >= 0.6 is 0 Å². The van der Waals surface area contributed by atoms with Crippen LogP contribution in [0.4, 0.5) is 5.82 Å². The Morgan fingerprint density at radius 1 is 0.872 bits per heavy atom. The Balaban J connectivity index is 1.61. The molecule has 8 nitrogen and oxygen atoms in total. The summed E-state index contributed by atoms with van der Waals surface area (Å²) in [5.74, 6) is 1.59.